The summed E-state index contributed by atoms with van der Waals surface area (Å²) in [6, 6.07) is 32.2. The van der Waals surface area contributed by atoms with E-state index in [2.05, 4.69) is 104 Å². The van der Waals surface area contributed by atoms with Crippen molar-refractivity contribution >= 4 is 5.69 Å². The molecule has 28 heavy (non-hydrogen) atoms. The zero-order valence-electron chi connectivity index (χ0n) is 16.6. The highest BCUT2D eigenvalue weighted by Gasteiger charge is 2.20. The lowest BCUT2D eigenvalue weighted by atomic mass is 10.0. The number of nitrogens with zero attached hydrogens (tertiary/aromatic N) is 1. The van der Waals surface area contributed by atoms with Gasteiger partial charge in [0.15, 0.2) is 0 Å². The molecule has 0 saturated heterocycles. The van der Waals surface area contributed by atoms with Gasteiger partial charge >= 0.3 is 0 Å². The van der Waals surface area contributed by atoms with Crippen LogP contribution in [0.15, 0.2) is 91.0 Å². The second-order valence-electron chi connectivity index (χ2n) is 7.32. The van der Waals surface area contributed by atoms with Crippen LogP contribution in [0.4, 0.5) is 5.69 Å². The monoisotopic (exact) mass is 365 g/mol. The Morgan fingerprint density at radius 1 is 0.571 bits per heavy atom. The number of benzene rings is 3. The van der Waals surface area contributed by atoms with Gasteiger partial charge in [0, 0.05) is 24.6 Å². The van der Waals surface area contributed by atoms with Crippen LogP contribution in [0.25, 0.3) is 22.4 Å². The number of hydrogen-bond acceptors (Lipinski definition) is 1. The molecule has 3 aromatic carbocycles. The third kappa shape index (κ3) is 3.81. The van der Waals surface area contributed by atoms with Crippen LogP contribution in [0.5, 0.6) is 0 Å². The highest BCUT2D eigenvalue weighted by atomic mass is 15.4. The third-order valence-corrected chi connectivity index (χ3v) is 5.00. The predicted molar refractivity (Wildman–Crippen MR) is 117 cm³/mol. The number of hydrogen-bond donors (Lipinski definition) is 1. The Labute approximate surface area is 167 Å². The molecule has 1 heterocycles. The number of anilines is 1. The molecule has 0 aliphatic rings. The van der Waals surface area contributed by atoms with E-state index in [-0.39, 0.29) is 0 Å². The summed E-state index contributed by atoms with van der Waals surface area (Å²) in [6.45, 7) is 6.38. The summed E-state index contributed by atoms with van der Waals surface area (Å²) >= 11 is 0. The number of nitrogens with one attached hydrogen (secondary N) is 1. The van der Waals surface area contributed by atoms with E-state index in [1.165, 1.54) is 27.8 Å². The molecule has 0 bridgehead atoms. The van der Waals surface area contributed by atoms with Crippen LogP contribution in [-0.2, 0) is 0 Å². The largest absolute Gasteiger partial charge is 0.243 e. The first kappa shape index (κ1) is 18.0. The Hall–Kier alpha value is -3.39. The first-order valence-corrected chi connectivity index (χ1v) is 9.63. The Kier molecular flexibility index (Phi) is 4.94. The SMILES string of the molecule is Cc1ccc(-c2cc(C)[n+](Nc3ccccc3)c(-c3ccc(C)cc3)c2)cc1. The number of aromatic nitrogens is 1. The van der Waals surface area contributed by atoms with Crippen molar-refractivity contribution in [3.63, 3.8) is 0 Å². The van der Waals surface area contributed by atoms with Crippen LogP contribution in [0.1, 0.15) is 16.8 Å². The predicted octanol–water partition coefficient (Wildman–Crippen LogP) is 6.11. The molecule has 0 unspecified atom stereocenters. The van der Waals surface area contributed by atoms with Gasteiger partial charge in [0.1, 0.15) is 0 Å². The standard InChI is InChI=1S/C26H25N2/c1-19-9-13-22(14-10-19)24-17-21(3)28(27-25-7-5-4-6-8-25)26(18-24)23-15-11-20(2)12-16-23/h4-18,27H,1-3H3/q+1. The van der Waals surface area contributed by atoms with Gasteiger partial charge in [0.05, 0.1) is 5.69 Å². The van der Waals surface area contributed by atoms with Crippen molar-refractivity contribution in [3.05, 3.63) is 108 Å². The number of pyridine rings is 1. The molecular weight excluding hydrogens is 340 g/mol. The summed E-state index contributed by atoms with van der Waals surface area (Å²) in [5, 5.41) is 0. The molecule has 0 atom stereocenters. The van der Waals surface area contributed by atoms with Gasteiger partial charge < -0.3 is 0 Å². The van der Waals surface area contributed by atoms with Crippen LogP contribution < -0.4 is 10.1 Å². The number of rotatable bonds is 4. The molecule has 0 amide bonds. The van der Waals surface area contributed by atoms with Crippen molar-refractivity contribution in [2.24, 2.45) is 0 Å². The maximum absolute atomic E-state index is 3.56. The zero-order chi connectivity index (χ0) is 19.5. The summed E-state index contributed by atoms with van der Waals surface area (Å²) in [6.07, 6.45) is 0. The first-order valence-electron chi connectivity index (χ1n) is 9.63. The van der Waals surface area contributed by atoms with Crippen molar-refractivity contribution in [3.8, 4) is 22.4 Å². The Morgan fingerprint density at radius 2 is 1.14 bits per heavy atom. The summed E-state index contributed by atoms with van der Waals surface area (Å²) in [5.41, 5.74) is 13.1. The second-order valence-corrected chi connectivity index (χ2v) is 7.32. The smallest absolute Gasteiger partial charge is 0.160 e. The normalized spacial score (nSPS) is 10.7. The fourth-order valence-electron chi connectivity index (χ4n) is 3.37. The molecule has 4 rings (SSSR count). The molecule has 2 heteroatoms. The molecule has 0 spiro atoms. The van der Waals surface area contributed by atoms with Gasteiger partial charge in [-0.05, 0) is 49.2 Å². The molecule has 0 fully saturated rings. The highest BCUT2D eigenvalue weighted by molar-refractivity contribution is 5.69. The zero-order valence-corrected chi connectivity index (χ0v) is 16.6. The van der Waals surface area contributed by atoms with Gasteiger partial charge in [-0.3, -0.25) is 0 Å². The second kappa shape index (κ2) is 7.69. The molecule has 0 saturated carbocycles. The molecule has 1 aromatic heterocycles. The Morgan fingerprint density at radius 3 is 1.75 bits per heavy atom. The maximum atomic E-state index is 3.56. The fourth-order valence-corrected chi connectivity index (χ4v) is 3.37. The summed E-state index contributed by atoms with van der Waals surface area (Å²) < 4.78 is 2.16. The van der Waals surface area contributed by atoms with Crippen molar-refractivity contribution < 1.29 is 4.68 Å². The minimum atomic E-state index is 1.06. The Bertz CT molecular complexity index is 1080. The van der Waals surface area contributed by atoms with Crippen LogP contribution in [0.3, 0.4) is 0 Å². The fraction of sp³-hybridized carbons (Fsp3) is 0.115. The molecule has 0 radical (unpaired) electrons. The summed E-state index contributed by atoms with van der Waals surface area (Å²) in [5.74, 6) is 0. The van der Waals surface area contributed by atoms with Crippen molar-refractivity contribution in [2.75, 3.05) is 5.43 Å². The molecule has 1 N–H and O–H groups in total. The third-order valence-electron chi connectivity index (χ3n) is 5.00. The lowest BCUT2D eigenvalue weighted by Crippen LogP contribution is -2.47. The van der Waals surface area contributed by atoms with Gasteiger partial charge in [-0.1, -0.05) is 70.4 Å². The van der Waals surface area contributed by atoms with Gasteiger partial charge in [0.2, 0.25) is 11.4 Å². The van der Waals surface area contributed by atoms with E-state index in [9.17, 15) is 0 Å². The quantitative estimate of drug-likeness (QED) is 0.432. The molecule has 0 aliphatic carbocycles. The summed E-state index contributed by atoms with van der Waals surface area (Å²) in [4.78, 5) is 0. The molecule has 138 valence electrons. The van der Waals surface area contributed by atoms with E-state index in [0.717, 1.165) is 17.1 Å². The van der Waals surface area contributed by atoms with Gasteiger partial charge in [-0.2, -0.15) is 5.43 Å². The van der Waals surface area contributed by atoms with Gasteiger partial charge in [-0.25, -0.2) is 0 Å². The minimum absolute atomic E-state index is 1.06. The topological polar surface area (TPSA) is 15.9 Å². The van der Waals surface area contributed by atoms with Crippen molar-refractivity contribution in [1.29, 1.82) is 0 Å². The van der Waals surface area contributed by atoms with E-state index < -0.39 is 0 Å². The van der Waals surface area contributed by atoms with Crippen LogP contribution in [0.2, 0.25) is 0 Å². The van der Waals surface area contributed by atoms with Crippen LogP contribution in [0, 0.1) is 20.8 Å². The maximum Gasteiger partial charge on any atom is 0.243 e. The van der Waals surface area contributed by atoms with E-state index in [1.54, 1.807) is 0 Å². The van der Waals surface area contributed by atoms with Crippen molar-refractivity contribution in [2.45, 2.75) is 20.8 Å². The highest BCUT2D eigenvalue weighted by Crippen LogP contribution is 2.26. The molecule has 4 aromatic rings. The Balaban J connectivity index is 1.87. The lowest BCUT2D eigenvalue weighted by molar-refractivity contribution is -0.638. The minimum Gasteiger partial charge on any atom is -0.160 e. The van der Waals surface area contributed by atoms with E-state index in [4.69, 9.17) is 0 Å². The van der Waals surface area contributed by atoms with Crippen LogP contribution in [-0.4, -0.2) is 0 Å². The first-order chi connectivity index (χ1) is 13.6. The summed E-state index contributed by atoms with van der Waals surface area (Å²) in [7, 11) is 0. The van der Waals surface area contributed by atoms with E-state index >= 15 is 0 Å². The average Bonchev–Trinajstić information content (AvgIpc) is 2.71. The molecule has 0 aliphatic heterocycles. The van der Waals surface area contributed by atoms with Gasteiger partial charge in [-0.15, -0.1) is 0 Å². The van der Waals surface area contributed by atoms with E-state index in [1.807, 2.05) is 18.2 Å². The van der Waals surface area contributed by atoms with E-state index in [0.29, 0.717) is 0 Å². The number of aryl methyl sites for hydroxylation is 3. The molecular formula is C26H25N2+. The molecule has 2 nitrogen and oxygen atoms in total. The number of para-hydroxylation sites is 1. The van der Waals surface area contributed by atoms with Gasteiger partial charge in [0.25, 0.3) is 0 Å². The lowest BCUT2D eigenvalue weighted by Gasteiger charge is -2.11. The van der Waals surface area contributed by atoms with Crippen LogP contribution >= 0.6 is 0 Å². The van der Waals surface area contributed by atoms with Crippen molar-refractivity contribution in [1.82, 2.24) is 0 Å². The average molecular weight is 366 g/mol.